The maximum atomic E-state index is 12.1. The molecule has 5 nitrogen and oxygen atoms in total. The van der Waals surface area contributed by atoms with Gasteiger partial charge in [-0.3, -0.25) is 4.79 Å². The molecule has 0 aliphatic rings. The van der Waals surface area contributed by atoms with E-state index in [4.69, 9.17) is 22.5 Å². The molecule has 0 atom stereocenters. The highest BCUT2D eigenvalue weighted by atomic mass is 35.5. The third kappa shape index (κ3) is 3.07. The van der Waals surface area contributed by atoms with E-state index in [2.05, 4.69) is 10.5 Å². The van der Waals surface area contributed by atoms with E-state index in [1.165, 1.54) is 0 Å². The van der Waals surface area contributed by atoms with Crippen LogP contribution in [0.3, 0.4) is 0 Å². The van der Waals surface area contributed by atoms with Gasteiger partial charge in [0, 0.05) is 16.1 Å². The van der Waals surface area contributed by atoms with Crippen LogP contribution in [-0.4, -0.2) is 17.0 Å². The summed E-state index contributed by atoms with van der Waals surface area (Å²) >= 11 is 5.77. The van der Waals surface area contributed by atoms with Crippen molar-refractivity contribution in [1.29, 1.82) is 0 Å². The van der Waals surface area contributed by atoms with Gasteiger partial charge in [-0.15, -0.1) is 0 Å². The second-order valence-corrected chi connectivity index (χ2v) is 4.43. The maximum absolute atomic E-state index is 12.1. The monoisotopic (exact) mass is 289 g/mol. The van der Waals surface area contributed by atoms with Crippen LogP contribution in [0.25, 0.3) is 0 Å². The minimum Gasteiger partial charge on any atom is -0.409 e. The fourth-order valence-electron chi connectivity index (χ4n) is 1.67. The number of carbonyl (C=O) groups excluding carboxylic acids is 1. The minimum absolute atomic E-state index is 0.0722. The smallest absolute Gasteiger partial charge is 0.255 e. The molecule has 0 fully saturated rings. The first-order valence-corrected chi connectivity index (χ1v) is 6.13. The number of hydrogen-bond donors (Lipinski definition) is 3. The van der Waals surface area contributed by atoms with Crippen molar-refractivity contribution in [2.24, 2.45) is 10.9 Å². The molecule has 0 aliphatic carbocycles. The van der Waals surface area contributed by atoms with E-state index >= 15 is 0 Å². The van der Waals surface area contributed by atoms with Crippen LogP contribution in [0.2, 0.25) is 5.02 Å². The van der Waals surface area contributed by atoms with Gasteiger partial charge in [-0.25, -0.2) is 0 Å². The van der Waals surface area contributed by atoms with Gasteiger partial charge in [-0.05, 0) is 36.4 Å². The summed E-state index contributed by atoms with van der Waals surface area (Å²) in [6.07, 6.45) is 0. The van der Waals surface area contributed by atoms with Crippen molar-refractivity contribution < 1.29 is 10.0 Å². The van der Waals surface area contributed by atoms with Crippen molar-refractivity contribution >= 4 is 29.0 Å². The lowest BCUT2D eigenvalue weighted by Crippen LogP contribution is -2.19. The number of carbonyl (C=O) groups is 1. The molecule has 0 saturated carbocycles. The van der Waals surface area contributed by atoms with Gasteiger partial charge < -0.3 is 16.3 Å². The maximum Gasteiger partial charge on any atom is 0.255 e. The number of nitrogens with zero attached hydrogens (tertiary/aromatic N) is 1. The van der Waals surface area contributed by atoms with Crippen LogP contribution in [0.15, 0.2) is 53.7 Å². The first kappa shape index (κ1) is 13.9. The fourth-order valence-corrected chi connectivity index (χ4v) is 1.79. The first-order chi connectivity index (χ1) is 9.61. The van der Waals surface area contributed by atoms with Gasteiger partial charge in [0.15, 0.2) is 5.84 Å². The molecule has 6 heteroatoms. The summed E-state index contributed by atoms with van der Waals surface area (Å²) in [7, 11) is 0. The number of nitrogens with two attached hydrogens (primary N) is 1. The van der Waals surface area contributed by atoms with Crippen LogP contribution in [0.5, 0.6) is 0 Å². The van der Waals surface area contributed by atoms with E-state index in [9.17, 15) is 4.79 Å². The molecule has 2 aromatic carbocycles. The number of benzene rings is 2. The number of oxime groups is 1. The van der Waals surface area contributed by atoms with Crippen LogP contribution in [0.4, 0.5) is 5.69 Å². The van der Waals surface area contributed by atoms with Crippen molar-refractivity contribution in [3.05, 3.63) is 64.7 Å². The minimum atomic E-state index is -0.306. The van der Waals surface area contributed by atoms with Crippen molar-refractivity contribution in [2.45, 2.75) is 0 Å². The average Bonchev–Trinajstić information content (AvgIpc) is 2.47. The lowest BCUT2D eigenvalue weighted by Gasteiger charge is -2.10. The lowest BCUT2D eigenvalue weighted by atomic mass is 10.1. The van der Waals surface area contributed by atoms with Crippen LogP contribution >= 0.6 is 11.6 Å². The second-order valence-electron chi connectivity index (χ2n) is 3.99. The number of rotatable bonds is 3. The molecule has 0 spiro atoms. The van der Waals surface area contributed by atoms with Gasteiger partial charge in [-0.1, -0.05) is 28.9 Å². The molecular weight excluding hydrogens is 278 g/mol. The third-order valence-electron chi connectivity index (χ3n) is 2.67. The highest BCUT2D eigenvalue weighted by Crippen LogP contribution is 2.17. The normalized spacial score (nSPS) is 11.2. The van der Waals surface area contributed by atoms with Crippen molar-refractivity contribution in [1.82, 2.24) is 0 Å². The standard InChI is InChI=1S/C14H12ClN3O2/c15-10-7-5-9(6-8-10)14(19)17-12-4-2-1-3-11(12)13(16)18-20/h1-8,20H,(H2,16,18)(H,17,19). The highest BCUT2D eigenvalue weighted by molar-refractivity contribution is 6.30. The topological polar surface area (TPSA) is 87.7 Å². The Morgan fingerprint density at radius 1 is 1.15 bits per heavy atom. The Labute approximate surface area is 120 Å². The van der Waals surface area contributed by atoms with Crippen molar-refractivity contribution in [3.8, 4) is 0 Å². The molecule has 20 heavy (non-hydrogen) atoms. The Bertz CT molecular complexity index is 654. The van der Waals surface area contributed by atoms with Crippen molar-refractivity contribution in [2.75, 3.05) is 5.32 Å². The highest BCUT2D eigenvalue weighted by Gasteiger charge is 2.11. The molecule has 0 heterocycles. The summed E-state index contributed by atoms with van der Waals surface area (Å²) < 4.78 is 0. The number of anilines is 1. The SMILES string of the molecule is N/C(=N/O)c1ccccc1NC(=O)c1ccc(Cl)cc1. The molecule has 0 saturated heterocycles. The van der Waals surface area contributed by atoms with Crippen LogP contribution < -0.4 is 11.1 Å². The molecular formula is C14H12ClN3O2. The molecule has 0 unspecified atom stereocenters. The number of para-hydroxylation sites is 1. The van der Waals surface area contributed by atoms with E-state index in [1.54, 1.807) is 48.5 Å². The first-order valence-electron chi connectivity index (χ1n) is 5.75. The summed E-state index contributed by atoms with van der Waals surface area (Å²) in [5.74, 6) is -0.378. The summed E-state index contributed by atoms with van der Waals surface area (Å²) in [4.78, 5) is 12.1. The molecule has 0 aromatic heterocycles. The van der Waals surface area contributed by atoms with E-state index in [-0.39, 0.29) is 11.7 Å². The Hall–Kier alpha value is -2.53. The number of nitrogens with one attached hydrogen (secondary N) is 1. The molecule has 0 bridgehead atoms. The summed E-state index contributed by atoms with van der Waals surface area (Å²) in [5, 5.41) is 14.9. The van der Waals surface area contributed by atoms with Gasteiger partial charge in [-0.2, -0.15) is 0 Å². The molecule has 102 valence electrons. The summed E-state index contributed by atoms with van der Waals surface area (Å²) in [6.45, 7) is 0. The molecule has 1 amide bonds. The summed E-state index contributed by atoms with van der Waals surface area (Å²) in [6, 6.07) is 13.3. The van der Waals surface area contributed by atoms with Crippen LogP contribution in [-0.2, 0) is 0 Å². The van der Waals surface area contributed by atoms with E-state index in [1.807, 2.05) is 0 Å². The zero-order valence-corrected chi connectivity index (χ0v) is 11.1. The Morgan fingerprint density at radius 2 is 1.80 bits per heavy atom. The molecule has 0 radical (unpaired) electrons. The van der Waals surface area contributed by atoms with Gasteiger partial charge in [0.1, 0.15) is 0 Å². The van der Waals surface area contributed by atoms with Gasteiger partial charge >= 0.3 is 0 Å². The molecule has 0 aliphatic heterocycles. The Morgan fingerprint density at radius 3 is 2.45 bits per heavy atom. The lowest BCUT2D eigenvalue weighted by molar-refractivity contribution is 0.102. The Balaban J connectivity index is 2.26. The van der Waals surface area contributed by atoms with Crippen LogP contribution in [0, 0.1) is 0 Å². The number of amidine groups is 1. The average molecular weight is 290 g/mol. The predicted octanol–water partition coefficient (Wildman–Crippen LogP) is 2.69. The Kier molecular flexibility index (Phi) is 4.22. The van der Waals surface area contributed by atoms with Crippen LogP contribution in [0.1, 0.15) is 15.9 Å². The predicted molar refractivity (Wildman–Crippen MR) is 78.4 cm³/mol. The van der Waals surface area contributed by atoms with E-state index in [0.717, 1.165) is 0 Å². The van der Waals surface area contributed by atoms with E-state index < -0.39 is 0 Å². The largest absolute Gasteiger partial charge is 0.409 e. The quantitative estimate of drug-likeness (QED) is 0.351. The summed E-state index contributed by atoms with van der Waals surface area (Å²) in [5.41, 5.74) is 6.93. The van der Waals surface area contributed by atoms with Gasteiger partial charge in [0.05, 0.1) is 5.69 Å². The van der Waals surface area contributed by atoms with Crippen molar-refractivity contribution in [3.63, 3.8) is 0 Å². The fraction of sp³-hybridized carbons (Fsp3) is 0. The molecule has 4 N–H and O–H groups in total. The molecule has 2 aromatic rings. The zero-order valence-electron chi connectivity index (χ0n) is 10.4. The third-order valence-corrected chi connectivity index (χ3v) is 2.92. The second kappa shape index (κ2) is 6.08. The van der Waals surface area contributed by atoms with E-state index in [0.29, 0.717) is 21.8 Å². The number of halogens is 1. The van der Waals surface area contributed by atoms with Gasteiger partial charge in [0.25, 0.3) is 5.91 Å². The molecule has 2 rings (SSSR count). The van der Waals surface area contributed by atoms with Gasteiger partial charge in [0.2, 0.25) is 0 Å². The number of amides is 1. The zero-order chi connectivity index (χ0) is 14.5. The number of hydrogen-bond acceptors (Lipinski definition) is 3.